The molecule has 1 N–H and O–H groups in total. The lowest BCUT2D eigenvalue weighted by atomic mass is 10.2. The molecule has 7 heteroatoms. The van der Waals surface area contributed by atoms with Crippen LogP contribution in [-0.4, -0.2) is 33.1 Å². The largest absolute Gasteiger partial charge is 0.444 e. The Bertz CT molecular complexity index is 704. The van der Waals surface area contributed by atoms with E-state index in [9.17, 15) is 4.79 Å². The molecule has 1 atom stereocenters. The van der Waals surface area contributed by atoms with Crippen molar-refractivity contribution in [3.8, 4) is 10.6 Å². The number of aromatic nitrogens is 2. The minimum atomic E-state index is -0.480. The van der Waals surface area contributed by atoms with Crippen molar-refractivity contribution in [3.63, 3.8) is 0 Å². The minimum absolute atomic E-state index is 0.0300. The highest BCUT2D eigenvalue weighted by Gasteiger charge is 2.34. The minimum Gasteiger partial charge on any atom is -0.444 e. The summed E-state index contributed by atoms with van der Waals surface area (Å²) in [7, 11) is 0. The fourth-order valence-electron chi connectivity index (χ4n) is 2.68. The smallest absolute Gasteiger partial charge is 0.410 e. The molecule has 1 aliphatic rings. The molecule has 3 rings (SSSR count). The number of carbonyl (C=O) groups excluding carboxylic acids is 1. The summed E-state index contributed by atoms with van der Waals surface area (Å²) in [6, 6.07) is 4.14. The zero-order valence-corrected chi connectivity index (χ0v) is 16.4. The summed E-state index contributed by atoms with van der Waals surface area (Å²) in [4.78, 5) is 23.2. The zero-order valence-electron chi connectivity index (χ0n) is 13.4. The van der Waals surface area contributed by atoms with Gasteiger partial charge < -0.3 is 9.72 Å². The van der Waals surface area contributed by atoms with Crippen LogP contribution in [0.3, 0.4) is 0 Å². The normalized spacial score (nSPS) is 18.4. The zero-order chi connectivity index (χ0) is 16.6. The summed E-state index contributed by atoms with van der Waals surface area (Å²) in [5, 5.41) is 0. The van der Waals surface area contributed by atoms with Gasteiger partial charge in [0.15, 0.2) is 0 Å². The maximum absolute atomic E-state index is 12.4. The number of halogens is 1. The van der Waals surface area contributed by atoms with Gasteiger partial charge in [-0.15, -0.1) is 11.3 Å². The number of ether oxygens (including phenoxy) is 1. The van der Waals surface area contributed by atoms with Crippen molar-refractivity contribution in [1.29, 1.82) is 0 Å². The molecule has 0 radical (unpaired) electrons. The number of nitrogens with zero attached hydrogens (tertiary/aromatic N) is 2. The summed E-state index contributed by atoms with van der Waals surface area (Å²) in [5.74, 6) is 0.840. The quantitative estimate of drug-likeness (QED) is 0.675. The lowest BCUT2D eigenvalue weighted by Crippen LogP contribution is -2.36. The van der Waals surface area contributed by atoms with Gasteiger partial charge in [0.25, 0.3) is 0 Å². The lowest BCUT2D eigenvalue weighted by molar-refractivity contribution is 0.0219. The first-order valence-corrected chi connectivity index (χ1v) is 9.53. The summed E-state index contributed by atoms with van der Waals surface area (Å²) in [5.41, 5.74) is 0.524. The molecule has 124 valence electrons. The number of rotatable bonds is 2. The van der Waals surface area contributed by atoms with E-state index < -0.39 is 5.60 Å². The summed E-state index contributed by atoms with van der Waals surface area (Å²) in [6.07, 6.45) is 3.47. The average Bonchev–Trinajstić information content (AvgIpc) is 3.15. The highest BCUT2D eigenvalue weighted by atomic mass is 127. The number of imidazole rings is 1. The predicted octanol–water partition coefficient (Wildman–Crippen LogP) is 4.81. The van der Waals surface area contributed by atoms with Crippen LogP contribution in [0.5, 0.6) is 0 Å². The molecule has 1 aliphatic heterocycles. The van der Waals surface area contributed by atoms with Crippen LogP contribution in [0.1, 0.15) is 45.5 Å². The standard InChI is InChI=1S/C16H20IN3O2S/c1-16(2,3)22-15(21)20-8-4-5-11(20)14-18-9-10(19-14)12-6-7-13(17)23-12/h6-7,9,11H,4-5,8H2,1-3H3,(H,18,19)/t11-/m0/s1. The lowest BCUT2D eigenvalue weighted by Gasteiger charge is -2.27. The summed E-state index contributed by atoms with van der Waals surface area (Å²) >= 11 is 4.03. The molecule has 1 amide bonds. The number of thiophene rings is 1. The van der Waals surface area contributed by atoms with E-state index in [0.717, 1.165) is 29.2 Å². The third-order valence-corrected chi connectivity index (χ3v) is 5.56. The fourth-order valence-corrected chi connectivity index (χ4v) is 4.27. The third-order valence-electron chi connectivity index (χ3n) is 3.63. The SMILES string of the molecule is CC(C)(C)OC(=O)N1CCC[C@H]1c1ncc(-c2ccc(I)s2)[nH]1. The van der Waals surface area contributed by atoms with Gasteiger partial charge in [-0.2, -0.15) is 0 Å². The van der Waals surface area contributed by atoms with Gasteiger partial charge in [-0.25, -0.2) is 9.78 Å². The Hall–Kier alpha value is -1.09. The molecule has 2 aromatic rings. The molecule has 0 bridgehead atoms. The maximum atomic E-state index is 12.4. The van der Waals surface area contributed by atoms with Crippen LogP contribution in [0.2, 0.25) is 0 Å². The summed E-state index contributed by atoms with van der Waals surface area (Å²) < 4.78 is 6.76. The van der Waals surface area contributed by atoms with Gasteiger partial charge in [-0.05, 0) is 68.3 Å². The van der Waals surface area contributed by atoms with Crippen LogP contribution in [0.15, 0.2) is 18.3 Å². The number of amides is 1. The van der Waals surface area contributed by atoms with E-state index in [1.807, 2.05) is 27.0 Å². The van der Waals surface area contributed by atoms with Gasteiger partial charge in [-0.3, -0.25) is 4.90 Å². The molecule has 1 saturated heterocycles. The molecule has 0 aliphatic carbocycles. The van der Waals surface area contributed by atoms with E-state index >= 15 is 0 Å². The number of nitrogens with one attached hydrogen (secondary N) is 1. The molecule has 1 fully saturated rings. The molecule has 0 aromatic carbocycles. The fraction of sp³-hybridized carbons (Fsp3) is 0.500. The topological polar surface area (TPSA) is 58.2 Å². The van der Waals surface area contributed by atoms with Crippen LogP contribution in [0.25, 0.3) is 10.6 Å². The number of hydrogen-bond acceptors (Lipinski definition) is 4. The Labute approximate surface area is 153 Å². The highest BCUT2D eigenvalue weighted by Crippen LogP contribution is 2.34. The van der Waals surface area contributed by atoms with E-state index in [0.29, 0.717) is 6.54 Å². The second-order valence-electron chi connectivity index (χ2n) is 6.62. The van der Waals surface area contributed by atoms with Gasteiger partial charge in [0.05, 0.1) is 25.7 Å². The van der Waals surface area contributed by atoms with Crippen molar-refractivity contribution in [2.75, 3.05) is 6.54 Å². The van der Waals surface area contributed by atoms with Crippen LogP contribution < -0.4 is 0 Å². The third kappa shape index (κ3) is 3.88. The Kier molecular flexibility index (Phi) is 4.68. The van der Waals surface area contributed by atoms with E-state index in [1.54, 1.807) is 16.2 Å². The van der Waals surface area contributed by atoms with Crippen molar-refractivity contribution in [2.24, 2.45) is 0 Å². The van der Waals surface area contributed by atoms with Crippen molar-refractivity contribution in [1.82, 2.24) is 14.9 Å². The molecule has 3 heterocycles. The van der Waals surface area contributed by atoms with Crippen LogP contribution in [0.4, 0.5) is 4.79 Å². The molecule has 0 saturated carbocycles. The second kappa shape index (κ2) is 6.43. The van der Waals surface area contributed by atoms with Gasteiger partial charge >= 0.3 is 6.09 Å². The van der Waals surface area contributed by atoms with E-state index in [-0.39, 0.29) is 12.1 Å². The van der Waals surface area contributed by atoms with Gasteiger partial charge in [-0.1, -0.05) is 0 Å². The van der Waals surface area contributed by atoms with E-state index in [1.165, 1.54) is 2.88 Å². The maximum Gasteiger partial charge on any atom is 0.410 e. The summed E-state index contributed by atoms with van der Waals surface area (Å²) in [6.45, 7) is 6.38. The first-order valence-electron chi connectivity index (χ1n) is 7.64. The predicted molar refractivity (Wildman–Crippen MR) is 99.5 cm³/mol. The molecule has 0 unspecified atom stereocenters. The van der Waals surface area contributed by atoms with Gasteiger partial charge in [0.2, 0.25) is 0 Å². The Morgan fingerprint density at radius 3 is 2.91 bits per heavy atom. The Balaban J connectivity index is 1.78. The van der Waals surface area contributed by atoms with Crippen molar-refractivity contribution >= 4 is 40.0 Å². The molecular weight excluding hydrogens is 425 g/mol. The Morgan fingerprint density at radius 2 is 2.26 bits per heavy atom. The van der Waals surface area contributed by atoms with E-state index in [4.69, 9.17) is 4.74 Å². The van der Waals surface area contributed by atoms with Crippen molar-refractivity contribution in [2.45, 2.75) is 45.3 Å². The highest BCUT2D eigenvalue weighted by molar-refractivity contribution is 14.1. The van der Waals surface area contributed by atoms with Gasteiger partial charge in [0.1, 0.15) is 11.4 Å². The van der Waals surface area contributed by atoms with Crippen LogP contribution >= 0.6 is 33.9 Å². The van der Waals surface area contributed by atoms with Gasteiger partial charge in [0, 0.05) is 6.54 Å². The van der Waals surface area contributed by atoms with Crippen molar-refractivity contribution in [3.05, 3.63) is 27.0 Å². The Morgan fingerprint density at radius 1 is 1.48 bits per heavy atom. The molecule has 2 aromatic heterocycles. The second-order valence-corrected chi connectivity index (χ2v) is 9.60. The number of H-pyrrole nitrogens is 1. The molecule has 5 nitrogen and oxygen atoms in total. The number of hydrogen-bond donors (Lipinski definition) is 1. The van der Waals surface area contributed by atoms with Crippen molar-refractivity contribution < 1.29 is 9.53 Å². The first kappa shape index (κ1) is 16.8. The molecule has 23 heavy (non-hydrogen) atoms. The monoisotopic (exact) mass is 445 g/mol. The van der Waals surface area contributed by atoms with Crippen LogP contribution in [-0.2, 0) is 4.74 Å². The number of aromatic amines is 1. The van der Waals surface area contributed by atoms with Crippen LogP contribution in [0, 0.1) is 2.88 Å². The number of likely N-dealkylation sites (tertiary alicyclic amines) is 1. The van der Waals surface area contributed by atoms with E-state index in [2.05, 4.69) is 44.7 Å². The first-order chi connectivity index (χ1) is 10.8. The molecule has 0 spiro atoms. The number of carbonyl (C=O) groups is 1. The average molecular weight is 445 g/mol. The molecular formula is C16H20IN3O2S.